The van der Waals surface area contributed by atoms with E-state index in [2.05, 4.69) is 4.98 Å². The van der Waals surface area contributed by atoms with Gasteiger partial charge in [-0.3, -0.25) is 14.9 Å². The average Bonchev–Trinajstić information content (AvgIpc) is 3.06. The van der Waals surface area contributed by atoms with Gasteiger partial charge in [-0.1, -0.05) is 0 Å². The zero-order chi connectivity index (χ0) is 18.8. The molecule has 0 aliphatic carbocycles. The number of non-ortho nitro benzene ring substituents is 1. The number of pyridine rings is 1. The van der Waals surface area contributed by atoms with Gasteiger partial charge in [0.15, 0.2) is 28.6 Å². The Morgan fingerprint density at radius 2 is 1.92 bits per heavy atom. The van der Waals surface area contributed by atoms with Crippen LogP contribution in [0.15, 0.2) is 40.9 Å². The Morgan fingerprint density at radius 1 is 1.23 bits per heavy atom. The fraction of sp³-hybridized carbons (Fsp3) is 0.118. The van der Waals surface area contributed by atoms with Crippen molar-refractivity contribution in [2.75, 3.05) is 7.11 Å². The average molecular weight is 356 g/mol. The second-order valence-electron chi connectivity index (χ2n) is 5.23. The Balaban J connectivity index is 1.97. The number of esters is 1. The molecule has 0 aliphatic heterocycles. The van der Waals surface area contributed by atoms with Crippen LogP contribution in [0.4, 0.5) is 5.69 Å². The van der Waals surface area contributed by atoms with E-state index in [4.69, 9.17) is 13.9 Å². The molecule has 0 aliphatic rings. The summed E-state index contributed by atoms with van der Waals surface area (Å²) in [6, 6.07) is 6.41. The van der Waals surface area contributed by atoms with Crippen molar-refractivity contribution >= 4 is 28.4 Å². The van der Waals surface area contributed by atoms with Crippen molar-refractivity contribution < 1.29 is 28.4 Å². The fourth-order valence-electron chi connectivity index (χ4n) is 2.27. The largest absolute Gasteiger partial charge is 0.491 e. The molecule has 3 aromatic rings. The van der Waals surface area contributed by atoms with Gasteiger partial charge in [-0.05, 0) is 18.2 Å². The van der Waals surface area contributed by atoms with Gasteiger partial charge in [0, 0.05) is 19.1 Å². The SMILES string of the molecule is COc1cnc(C(=O)Oc2ccc([N+](=O)[O-])cc2)c2cc(C(C)=O)oc12. The number of carbonyl (C=O) groups is 2. The van der Waals surface area contributed by atoms with Crippen LogP contribution in [0.5, 0.6) is 11.5 Å². The van der Waals surface area contributed by atoms with Gasteiger partial charge >= 0.3 is 5.97 Å². The van der Waals surface area contributed by atoms with Crippen molar-refractivity contribution in [3.63, 3.8) is 0 Å². The summed E-state index contributed by atoms with van der Waals surface area (Å²) >= 11 is 0. The van der Waals surface area contributed by atoms with Crippen LogP contribution in [0.2, 0.25) is 0 Å². The summed E-state index contributed by atoms with van der Waals surface area (Å²) < 4.78 is 15.8. The lowest BCUT2D eigenvalue weighted by Gasteiger charge is -2.06. The van der Waals surface area contributed by atoms with Crippen molar-refractivity contribution in [1.82, 2.24) is 4.98 Å². The number of aromatic nitrogens is 1. The zero-order valence-electron chi connectivity index (χ0n) is 13.7. The highest BCUT2D eigenvalue weighted by atomic mass is 16.6. The summed E-state index contributed by atoms with van der Waals surface area (Å²) in [5.41, 5.74) is -0.00514. The summed E-state index contributed by atoms with van der Waals surface area (Å²) in [5.74, 6) is -0.697. The molecular weight excluding hydrogens is 344 g/mol. The summed E-state index contributed by atoms with van der Waals surface area (Å²) in [5, 5.41) is 10.9. The molecule has 0 atom stereocenters. The van der Waals surface area contributed by atoms with Crippen molar-refractivity contribution in [1.29, 1.82) is 0 Å². The number of benzene rings is 1. The highest BCUT2D eigenvalue weighted by Gasteiger charge is 2.22. The second-order valence-corrected chi connectivity index (χ2v) is 5.23. The number of nitro groups is 1. The molecule has 0 saturated carbocycles. The molecule has 2 heterocycles. The first-order valence-corrected chi connectivity index (χ1v) is 7.35. The van der Waals surface area contributed by atoms with Gasteiger partial charge in [0.2, 0.25) is 0 Å². The summed E-state index contributed by atoms with van der Waals surface area (Å²) in [6.45, 7) is 1.33. The third-order valence-electron chi connectivity index (χ3n) is 3.54. The summed E-state index contributed by atoms with van der Waals surface area (Å²) in [7, 11) is 1.40. The van der Waals surface area contributed by atoms with E-state index in [9.17, 15) is 19.7 Å². The molecule has 0 unspecified atom stereocenters. The van der Waals surface area contributed by atoms with Gasteiger partial charge in [-0.15, -0.1) is 0 Å². The van der Waals surface area contributed by atoms with Crippen LogP contribution in [-0.2, 0) is 0 Å². The van der Waals surface area contributed by atoms with E-state index in [0.717, 1.165) is 0 Å². The maximum Gasteiger partial charge on any atom is 0.363 e. The first-order valence-electron chi connectivity index (χ1n) is 7.35. The third kappa shape index (κ3) is 3.09. The van der Waals surface area contributed by atoms with Gasteiger partial charge < -0.3 is 13.9 Å². The highest BCUT2D eigenvalue weighted by Crippen LogP contribution is 2.31. The Labute approximate surface area is 146 Å². The maximum atomic E-state index is 12.4. The Bertz CT molecular complexity index is 1020. The maximum absolute atomic E-state index is 12.4. The molecule has 9 nitrogen and oxygen atoms in total. The zero-order valence-corrected chi connectivity index (χ0v) is 13.7. The van der Waals surface area contributed by atoms with E-state index in [1.54, 1.807) is 0 Å². The number of hydrogen-bond acceptors (Lipinski definition) is 8. The lowest BCUT2D eigenvalue weighted by Crippen LogP contribution is -2.11. The Kier molecular flexibility index (Phi) is 4.36. The van der Waals surface area contributed by atoms with Crippen LogP contribution in [0.25, 0.3) is 11.0 Å². The molecule has 0 radical (unpaired) electrons. The van der Waals surface area contributed by atoms with E-state index < -0.39 is 10.9 Å². The van der Waals surface area contributed by atoms with Crippen LogP contribution >= 0.6 is 0 Å². The van der Waals surface area contributed by atoms with E-state index in [1.807, 2.05) is 0 Å². The lowest BCUT2D eigenvalue weighted by atomic mass is 10.2. The number of Topliss-reactive ketones (excluding diaryl/α,β-unsaturated/α-hetero) is 1. The number of carbonyl (C=O) groups excluding carboxylic acids is 2. The van der Waals surface area contributed by atoms with Gasteiger partial charge in [-0.2, -0.15) is 0 Å². The van der Waals surface area contributed by atoms with Crippen molar-refractivity contribution in [3.8, 4) is 11.5 Å². The number of ketones is 1. The van der Waals surface area contributed by atoms with Gasteiger partial charge in [0.05, 0.1) is 23.6 Å². The molecule has 1 aromatic carbocycles. The lowest BCUT2D eigenvalue weighted by molar-refractivity contribution is -0.384. The third-order valence-corrected chi connectivity index (χ3v) is 3.54. The smallest absolute Gasteiger partial charge is 0.363 e. The molecule has 0 saturated heterocycles. The van der Waals surface area contributed by atoms with Crippen molar-refractivity contribution in [3.05, 3.63) is 58.1 Å². The minimum atomic E-state index is -0.803. The Hall–Kier alpha value is -3.75. The number of hydrogen-bond donors (Lipinski definition) is 0. The number of furan rings is 1. The van der Waals surface area contributed by atoms with E-state index in [-0.39, 0.29) is 45.4 Å². The number of fused-ring (bicyclic) bond motifs is 1. The van der Waals surface area contributed by atoms with E-state index >= 15 is 0 Å². The minimum Gasteiger partial charge on any atom is -0.491 e. The minimum absolute atomic E-state index is 0.0516. The molecule has 3 rings (SSSR count). The van der Waals surface area contributed by atoms with E-state index in [0.29, 0.717) is 0 Å². The number of rotatable bonds is 5. The van der Waals surface area contributed by atoms with Gasteiger partial charge in [-0.25, -0.2) is 9.78 Å². The topological polar surface area (TPSA) is 122 Å². The van der Waals surface area contributed by atoms with Gasteiger partial charge in [0.25, 0.3) is 5.69 Å². The van der Waals surface area contributed by atoms with Crippen LogP contribution < -0.4 is 9.47 Å². The predicted octanol–water partition coefficient (Wildman–Crippen LogP) is 3.17. The van der Waals surface area contributed by atoms with Crippen LogP contribution in [-0.4, -0.2) is 28.8 Å². The molecule has 132 valence electrons. The molecule has 0 bridgehead atoms. The molecule has 26 heavy (non-hydrogen) atoms. The number of ether oxygens (including phenoxy) is 2. The fourth-order valence-corrected chi connectivity index (χ4v) is 2.27. The van der Waals surface area contributed by atoms with Crippen molar-refractivity contribution in [2.24, 2.45) is 0 Å². The molecule has 0 amide bonds. The second kappa shape index (κ2) is 6.63. The van der Waals surface area contributed by atoms with Gasteiger partial charge in [0.1, 0.15) is 5.75 Å². The predicted molar refractivity (Wildman–Crippen MR) is 88.6 cm³/mol. The molecule has 0 spiro atoms. The monoisotopic (exact) mass is 356 g/mol. The molecular formula is C17H12N2O7. The first-order chi connectivity index (χ1) is 12.4. The number of nitro benzene ring substituents is 1. The first kappa shape index (κ1) is 17.1. The summed E-state index contributed by atoms with van der Waals surface area (Å²) in [4.78, 5) is 38.1. The highest BCUT2D eigenvalue weighted by molar-refractivity contribution is 6.06. The van der Waals surface area contributed by atoms with Crippen LogP contribution in [0.1, 0.15) is 28.0 Å². The molecule has 0 fully saturated rings. The Morgan fingerprint density at radius 3 is 2.50 bits per heavy atom. The standard InChI is InChI=1S/C17H12N2O7/c1-9(20)13-7-12-15(18-8-14(24-2)16(12)26-13)17(21)25-11-5-3-10(4-6-11)19(22)23/h3-8H,1-2H3. The normalized spacial score (nSPS) is 10.5. The molecule has 0 N–H and O–H groups in total. The molecule has 2 aromatic heterocycles. The van der Waals surface area contributed by atoms with Crippen LogP contribution in [0.3, 0.4) is 0 Å². The quantitative estimate of drug-likeness (QED) is 0.225. The van der Waals surface area contributed by atoms with Crippen molar-refractivity contribution in [2.45, 2.75) is 6.92 Å². The van der Waals surface area contributed by atoms with Crippen LogP contribution in [0, 0.1) is 10.1 Å². The number of methoxy groups -OCH3 is 1. The van der Waals surface area contributed by atoms with E-state index in [1.165, 1.54) is 50.6 Å². The number of nitrogens with zero attached hydrogens (tertiary/aromatic N) is 2. The molecule has 9 heteroatoms. The summed E-state index contributed by atoms with van der Waals surface area (Å²) in [6.07, 6.45) is 1.28.